The Morgan fingerprint density at radius 2 is 1.96 bits per heavy atom. The summed E-state index contributed by atoms with van der Waals surface area (Å²) in [5.74, 6) is -1.56. The number of ether oxygens (including phenoxy) is 1. The number of halogens is 2. The van der Waals surface area contributed by atoms with E-state index in [1.165, 1.54) is 43.5 Å². The number of anilines is 1. The van der Waals surface area contributed by atoms with Crippen LogP contribution < -0.4 is 15.4 Å². The number of carbonyl (C=O) groups excluding carboxylic acids is 2. The highest BCUT2D eigenvalue weighted by atomic mass is 35.5. The normalized spacial score (nSPS) is 10.2. The van der Waals surface area contributed by atoms with Crippen LogP contribution in [-0.4, -0.2) is 25.5 Å². The van der Waals surface area contributed by atoms with E-state index < -0.39 is 11.7 Å². The smallest absolute Gasteiger partial charge is 0.262 e. The first-order valence-corrected chi connectivity index (χ1v) is 7.57. The minimum Gasteiger partial charge on any atom is -0.496 e. The van der Waals surface area contributed by atoms with E-state index in [4.69, 9.17) is 16.3 Å². The van der Waals surface area contributed by atoms with Crippen molar-refractivity contribution in [2.24, 2.45) is 0 Å². The summed E-state index contributed by atoms with van der Waals surface area (Å²) in [6, 6.07) is 8.54. The lowest BCUT2D eigenvalue weighted by Crippen LogP contribution is -2.23. The quantitative estimate of drug-likeness (QED) is 0.867. The van der Waals surface area contributed by atoms with Crippen molar-refractivity contribution < 1.29 is 18.7 Å². The monoisotopic (exact) mass is 350 g/mol. The minimum atomic E-state index is -0.697. The molecule has 0 aliphatic heterocycles. The number of nitrogens with one attached hydrogen (secondary N) is 2. The van der Waals surface area contributed by atoms with Gasteiger partial charge in [-0.15, -0.1) is 0 Å². The van der Waals surface area contributed by atoms with E-state index >= 15 is 0 Å². The lowest BCUT2D eigenvalue weighted by Gasteiger charge is -2.11. The fourth-order valence-corrected chi connectivity index (χ4v) is 2.39. The first kappa shape index (κ1) is 17.7. The van der Waals surface area contributed by atoms with Crippen LogP contribution in [0.5, 0.6) is 5.75 Å². The molecule has 24 heavy (non-hydrogen) atoms. The van der Waals surface area contributed by atoms with Crippen LogP contribution in [0.3, 0.4) is 0 Å². The number of rotatable bonds is 5. The van der Waals surface area contributed by atoms with Crippen molar-refractivity contribution in [2.75, 3.05) is 19.0 Å². The molecular weight excluding hydrogens is 335 g/mol. The molecule has 2 amide bonds. The molecule has 2 rings (SSSR count). The van der Waals surface area contributed by atoms with E-state index in [-0.39, 0.29) is 22.2 Å². The van der Waals surface area contributed by atoms with E-state index in [0.29, 0.717) is 17.8 Å². The number of methoxy groups -OCH3 is 1. The molecule has 2 aromatic rings. The molecule has 0 unspecified atom stereocenters. The second-order valence-electron chi connectivity index (χ2n) is 4.83. The molecule has 0 fully saturated rings. The Kier molecular flexibility index (Phi) is 5.76. The second-order valence-corrected chi connectivity index (χ2v) is 5.23. The first-order chi connectivity index (χ1) is 11.5. The fourth-order valence-electron chi connectivity index (χ4n) is 2.12. The third kappa shape index (κ3) is 3.83. The van der Waals surface area contributed by atoms with Gasteiger partial charge in [0.2, 0.25) is 0 Å². The first-order valence-electron chi connectivity index (χ1n) is 7.19. The maximum absolute atomic E-state index is 13.9. The summed E-state index contributed by atoms with van der Waals surface area (Å²) in [5, 5.41) is 5.35. The van der Waals surface area contributed by atoms with E-state index in [2.05, 4.69) is 10.6 Å². The van der Waals surface area contributed by atoms with E-state index in [1.807, 2.05) is 0 Å². The van der Waals surface area contributed by atoms with Crippen molar-refractivity contribution in [3.05, 3.63) is 58.4 Å². The SMILES string of the molecule is CCNC(=O)c1ccc(NC(=O)c2c(F)cccc2OC)cc1Cl. The van der Waals surface area contributed by atoms with Crippen LogP contribution in [0.15, 0.2) is 36.4 Å². The Hall–Kier alpha value is -2.60. The molecule has 0 saturated carbocycles. The number of hydrogen-bond donors (Lipinski definition) is 2. The average Bonchev–Trinajstić information content (AvgIpc) is 2.54. The van der Waals surface area contributed by atoms with Gasteiger partial charge in [0.05, 0.1) is 17.7 Å². The molecule has 2 aromatic carbocycles. The fraction of sp³-hybridized carbons (Fsp3) is 0.176. The summed E-state index contributed by atoms with van der Waals surface area (Å²) in [4.78, 5) is 24.1. The van der Waals surface area contributed by atoms with E-state index in [1.54, 1.807) is 6.92 Å². The molecule has 0 aromatic heterocycles. The summed E-state index contributed by atoms with van der Waals surface area (Å²) in [7, 11) is 1.35. The molecule has 0 atom stereocenters. The van der Waals surface area contributed by atoms with Crippen molar-refractivity contribution in [3.8, 4) is 5.75 Å². The predicted octanol–water partition coefficient (Wildman–Crippen LogP) is 3.49. The Bertz CT molecular complexity index is 780. The van der Waals surface area contributed by atoms with Crippen LogP contribution in [0, 0.1) is 5.82 Å². The predicted molar refractivity (Wildman–Crippen MR) is 90.4 cm³/mol. The van der Waals surface area contributed by atoms with E-state index in [9.17, 15) is 14.0 Å². The zero-order chi connectivity index (χ0) is 17.7. The third-order valence-corrected chi connectivity index (χ3v) is 3.54. The molecular formula is C17H16ClFN2O3. The van der Waals surface area contributed by atoms with Gasteiger partial charge < -0.3 is 15.4 Å². The number of benzene rings is 2. The lowest BCUT2D eigenvalue weighted by atomic mass is 10.1. The van der Waals surface area contributed by atoms with Crippen molar-refractivity contribution >= 4 is 29.1 Å². The van der Waals surface area contributed by atoms with Gasteiger partial charge in [-0.25, -0.2) is 4.39 Å². The largest absolute Gasteiger partial charge is 0.496 e. The molecule has 0 saturated heterocycles. The van der Waals surface area contributed by atoms with Crippen LogP contribution in [0.4, 0.5) is 10.1 Å². The van der Waals surface area contributed by atoms with Gasteiger partial charge in [-0.3, -0.25) is 9.59 Å². The maximum Gasteiger partial charge on any atom is 0.262 e. The highest BCUT2D eigenvalue weighted by Crippen LogP contribution is 2.25. The Balaban J connectivity index is 2.24. The standard InChI is InChI=1S/C17H16ClFN2O3/c1-3-20-16(22)11-8-7-10(9-12(11)18)21-17(23)15-13(19)5-4-6-14(15)24-2/h4-9H,3H2,1-2H3,(H,20,22)(H,21,23). The zero-order valence-electron chi connectivity index (χ0n) is 13.2. The Morgan fingerprint density at radius 3 is 2.58 bits per heavy atom. The number of carbonyl (C=O) groups is 2. The van der Waals surface area contributed by atoms with Crippen molar-refractivity contribution in [2.45, 2.75) is 6.92 Å². The second kappa shape index (κ2) is 7.79. The van der Waals surface area contributed by atoms with E-state index in [0.717, 1.165) is 0 Å². The molecule has 126 valence electrons. The lowest BCUT2D eigenvalue weighted by molar-refractivity contribution is 0.0955. The molecule has 0 bridgehead atoms. The number of hydrogen-bond acceptors (Lipinski definition) is 3. The van der Waals surface area contributed by atoms with Gasteiger partial charge in [0.1, 0.15) is 17.1 Å². The Morgan fingerprint density at radius 1 is 1.21 bits per heavy atom. The number of amides is 2. The van der Waals surface area contributed by atoms with Crippen LogP contribution in [-0.2, 0) is 0 Å². The van der Waals surface area contributed by atoms with Crippen LogP contribution in [0.25, 0.3) is 0 Å². The van der Waals surface area contributed by atoms with Gasteiger partial charge in [0.25, 0.3) is 11.8 Å². The Labute approximate surface area is 143 Å². The highest BCUT2D eigenvalue weighted by Gasteiger charge is 2.18. The van der Waals surface area contributed by atoms with Crippen molar-refractivity contribution in [1.82, 2.24) is 5.32 Å². The molecule has 0 spiro atoms. The minimum absolute atomic E-state index is 0.123. The third-order valence-electron chi connectivity index (χ3n) is 3.23. The zero-order valence-corrected chi connectivity index (χ0v) is 13.9. The molecule has 0 heterocycles. The molecule has 5 nitrogen and oxygen atoms in total. The molecule has 7 heteroatoms. The molecule has 2 N–H and O–H groups in total. The summed E-state index contributed by atoms with van der Waals surface area (Å²) < 4.78 is 18.9. The summed E-state index contributed by atoms with van der Waals surface area (Å²) in [6.07, 6.45) is 0. The van der Waals surface area contributed by atoms with Crippen LogP contribution in [0.2, 0.25) is 5.02 Å². The summed E-state index contributed by atoms with van der Waals surface area (Å²) >= 11 is 6.07. The van der Waals surface area contributed by atoms with Gasteiger partial charge in [0.15, 0.2) is 0 Å². The van der Waals surface area contributed by atoms with Crippen LogP contribution >= 0.6 is 11.6 Å². The summed E-state index contributed by atoms with van der Waals surface area (Å²) in [5.41, 5.74) is 0.423. The van der Waals surface area contributed by atoms with Crippen LogP contribution in [0.1, 0.15) is 27.6 Å². The molecule has 0 aliphatic rings. The summed E-state index contributed by atoms with van der Waals surface area (Å²) in [6.45, 7) is 2.27. The molecule has 0 radical (unpaired) electrons. The maximum atomic E-state index is 13.9. The van der Waals surface area contributed by atoms with Crippen molar-refractivity contribution in [1.29, 1.82) is 0 Å². The highest BCUT2D eigenvalue weighted by molar-refractivity contribution is 6.34. The average molecular weight is 351 g/mol. The van der Waals surface area contributed by atoms with Gasteiger partial charge in [-0.05, 0) is 37.3 Å². The topological polar surface area (TPSA) is 67.4 Å². The van der Waals surface area contributed by atoms with Gasteiger partial charge in [-0.1, -0.05) is 17.7 Å². The van der Waals surface area contributed by atoms with Crippen molar-refractivity contribution in [3.63, 3.8) is 0 Å². The van der Waals surface area contributed by atoms with Gasteiger partial charge >= 0.3 is 0 Å². The van der Waals surface area contributed by atoms with Gasteiger partial charge in [0, 0.05) is 12.2 Å². The molecule has 0 aliphatic carbocycles. The van der Waals surface area contributed by atoms with Gasteiger partial charge in [-0.2, -0.15) is 0 Å².